The van der Waals surface area contributed by atoms with Gasteiger partial charge in [0.25, 0.3) is 6.43 Å². The summed E-state index contributed by atoms with van der Waals surface area (Å²) in [6, 6.07) is 6.41. The molecule has 3 heteroatoms. The minimum Gasteiger partial charge on any atom is -0.205 e. The molecule has 0 fully saturated rings. The lowest BCUT2D eigenvalue weighted by atomic mass is 10.2. The van der Waals surface area contributed by atoms with Gasteiger partial charge in [0, 0.05) is 10.5 Å². The van der Waals surface area contributed by atoms with Gasteiger partial charge in [-0.2, -0.15) is 0 Å². The second-order valence-corrected chi connectivity index (χ2v) is 2.96. The van der Waals surface area contributed by atoms with Crippen LogP contribution in [0.1, 0.15) is 12.0 Å². The topological polar surface area (TPSA) is 0 Å². The third-order valence-electron chi connectivity index (χ3n) is 1.35. The highest BCUT2D eigenvalue weighted by atomic mass is 32.2. The van der Waals surface area contributed by atoms with E-state index in [0.717, 1.165) is 4.90 Å². The lowest BCUT2D eigenvalue weighted by molar-refractivity contribution is 0.151. The summed E-state index contributed by atoms with van der Waals surface area (Å²) in [4.78, 5) is 0.878. The standard InChI is InChI=1S/C8H8F2S/c1-11-7-4-2-3-6(5-7)8(9)10/h2-5,8H,1H3. The van der Waals surface area contributed by atoms with E-state index in [1.54, 1.807) is 6.07 Å². The number of hydrogen-bond donors (Lipinski definition) is 0. The molecule has 0 amide bonds. The normalized spacial score (nSPS) is 10.5. The van der Waals surface area contributed by atoms with E-state index in [1.165, 1.54) is 23.9 Å². The average Bonchev–Trinajstić information content (AvgIpc) is 2.05. The summed E-state index contributed by atoms with van der Waals surface area (Å²) in [5, 5.41) is 0. The van der Waals surface area contributed by atoms with Crippen LogP contribution in [0.15, 0.2) is 29.2 Å². The Balaban J connectivity index is 2.91. The maximum absolute atomic E-state index is 12.1. The van der Waals surface area contributed by atoms with Crippen LogP contribution in [0.2, 0.25) is 0 Å². The Morgan fingerprint density at radius 2 is 2.09 bits per heavy atom. The van der Waals surface area contributed by atoms with Gasteiger partial charge in [-0.15, -0.1) is 11.8 Å². The fourth-order valence-electron chi connectivity index (χ4n) is 0.777. The van der Waals surface area contributed by atoms with Gasteiger partial charge in [0.05, 0.1) is 0 Å². The predicted molar refractivity (Wildman–Crippen MR) is 43.2 cm³/mol. The minimum atomic E-state index is -2.36. The van der Waals surface area contributed by atoms with E-state index in [-0.39, 0.29) is 5.56 Å². The molecule has 0 nitrogen and oxygen atoms in total. The molecule has 0 aliphatic carbocycles. The molecule has 11 heavy (non-hydrogen) atoms. The maximum atomic E-state index is 12.1. The molecule has 1 rings (SSSR count). The Kier molecular flexibility index (Phi) is 2.88. The molecule has 0 aliphatic heterocycles. The Morgan fingerprint density at radius 3 is 2.64 bits per heavy atom. The van der Waals surface area contributed by atoms with Crippen molar-refractivity contribution in [2.24, 2.45) is 0 Å². The summed E-state index contributed by atoms with van der Waals surface area (Å²) in [5.41, 5.74) is 0.0943. The maximum Gasteiger partial charge on any atom is 0.263 e. The third-order valence-corrected chi connectivity index (χ3v) is 2.07. The van der Waals surface area contributed by atoms with E-state index in [1.807, 2.05) is 12.3 Å². The molecular weight excluding hydrogens is 166 g/mol. The first-order valence-electron chi connectivity index (χ1n) is 3.16. The fourth-order valence-corrected chi connectivity index (χ4v) is 1.25. The highest BCUT2D eigenvalue weighted by molar-refractivity contribution is 7.98. The van der Waals surface area contributed by atoms with Crippen LogP contribution in [0.4, 0.5) is 8.78 Å². The molecule has 0 unspecified atom stereocenters. The van der Waals surface area contributed by atoms with Gasteiger partial charge in [-0.3, -0.25) is 0 Å². The summed E-state index contributed by atoms with van der Waals surface area (Å²) in [7, 11) is 0. The summed E-state index contributed by atoms with van der Waals surface area (Å²) < 4.78 is 24.1. The molecule has 0 N–H and O–H groups in total. The molecule has 0 aliphatic rings. The molecule has 1 aromatic rings. The lowest BCUT2D eigenvalue weighted by Gasteiger charge is -2.00. The van der Waals surface area contributed by atoms with Gasteiger partial charge in [0.2, 0.25) is 0 Å². The van der Waals surface area contributed by atoms with Gasteiger partial charge in [-0.05, 0) is 18.4 Å². The van der Waals surface area contributed by atoms with Crippen molar-refractivity contribution >= 4 is 11.8 Å². The van der Waals surface area contributed by atoms with Crippen LogP contribution in [-0.4, -0.2) is 6.26 Å². The number of hydrogen-bond acceptors (Lipinski definition) is 1. The number of alkyl halides is 2. The quantitative estimate of drug-likeness (QED) is 0.619. The SMILES string of the molecule is CSc1cccc(C(F)F)c1. The Hall–Kier alpha value is -0.570. The first kappa shape index (κ1) is 8.53. The van der Waals surface area contributed by atoms with E-state index in [2.05, 4.69) is 0 Å². The molecule has 0 atom stereocenters. The molecule has 0 heterocycles. The molecule has 0 saturated heterocycles. The highest BCUT2D eigenvalue weighted by Gasteiger charge is 2.05. The van der Waals surface area contributed by atoms with Crippen molar-refractivity contribution in [2.75, 3.05) is 6.26 Å². The van der Waals surface area contributed by atoms with Crippen molar-refractivity contribution in [3.05, 3.63) is 29.8 Å². The van der Waals surface area contributed by atoms with E-state index >= 15 is 0 Å². The van der Waals surface area contributed by atoms with Gasteiger partial charge in [0.1, 0.15) is 0 Å². The molecule has 0 spiro atoms. The second-order valence-electron chi connectivity index (χ2n) is 2.08. The summed E-state index contributed by atoms with van der Waals surface area (Å²) >= 11 is 1.47. The van der Waals surface area contributed by atoms with Crippen LogP contribution in [0.3, 0.4) is 0 Å². The van der Waals surface area contributed by atoms with Crippen LogP contribution in [0, 0.1) is 0 Å². The van der Waals surface area contributed by atoms with Crippen LogP contribution < -0.4 is 0 Å². The molecule has 0 bridgehead atoms. The molecular formula is C8H8F2S. The first-order chi connectivity index (χ1) is 5.24. The first-order valence-corrected chi connectivity index (χ1v) is 4.38. The zero-order chi connectivity index (χ0) is 8.27. The van der Waals surface area contributed by atoms with Crippen molar-refractivity contribution in [1.29, 1.82) is 0 Å². The molecule has 0 radical (unpaired) electrons. The van der Waals surface area contributed by atoms with Crippen molar-refractivity contribution < 1.29 is 8.78 Å². The van der Waals surface area contributed by atoms with Crippen molar-refractivity contribution in [3.8, 4) is 0 Å². The molecule has 60 valence electrons. The van der Waals surface area contributed by atoms with Gasteiger partial charge in [-0.1, -0.05) is 12.1 Å². The van der Waals surface area contributed by atoms with Gasteiger partial charge < -0.3 is 0 Å². The zero-order valence-corrected chi connectivity index (χ0v) is 6.87. The van der Waals surface area contributed by atoms with E-state index in [4.69, 9.17) is 0 Å². The van der Waals surface area contributed by atoms with Crippen LogP contribution in [-0.2, 0) is 0 Å². The number of rotatable bonds is 2. The number of halogens is 2. The third kappa shape index (κ3) is 2.19. The monoisotopic (exact) mass is 174 g/mol. The fraction of sp³-hybridized carbons (Fsp3) is 0.250. The van der Waals surface area contributed by atoms with Gasteiger partial charge in [0.15, 0.2) is 0 Å². The van der Waals surface area contributed by atoms with E-state index < -0.39 is 6.43 Å². The molecule has 0 aromatic heterocycles. The summed E-state index contributed by atoms with van der Waals surface area (Å²) in [6.07, 6.45) is -0.494. The molecule has 0 saturated carbocycles. The van der Waals surface area contributed by atoms with Crippen LogP contribution in [0.25, 0.3) is 0 Å². The van der Waals surface area contributed by atoms with E-state index in [9.17, 15) is 8.78 Å². The molecule has 1 aromatic carbocycles. The lowest BCUT2D eigenvalue weighted by Crippen LogP contribution is -1.82. The van der Waals surface area contributed by atoms with E-state index in [0.29, 0.717) is 0 Å². The average molecular weight is 174 g/mol. The van der Waals surface area contributed by atoms with Crippen LogP contribution >= 0.6 is 11.8 Å². The van der Waals surface area contributed by atoms with Crippen LogP contribution in [0.5, 0.6) is 0 Å². The smallest absolute Gasteiger partial charge is 0.205 e. The van der Waals surface area contributed by atoms with Crippen molar-refractivity contribution in [3.63, 3.8) is 0 Å². The predicted octanol–water partition coefficient (Wildman–Crippen LogP) is 3.35. The van der Waals surface area contributed by atoms with Crippen molar-refractivity contribution in [1.82, 2.24) is 0 Å². The Morgan fingerprint density at radius 1 is 1.36 bits per heavy atom. The largest absolute Gasteiger partial charge is 0.263 e. The second kappa shape index (κ2) is 3.72. The van der Waals surface area contributed by atoms with Gasteiger partial charge in [-0.25, -0.2) is 8.78 Å². The number of thioether (sulfide) groups is 1. The summed E-state index contributed by atoms with van der Waals surface area (Å²) in [6.45, 7) is 0. The Bertz CT molecular complexity index is 235. The van der Waals surface area contributed by atoms with Crippen molar-refractivity contribution in [2.45, 2.75) is 11.3 Å². The summed E-state index contributed by atoms with van der Waals surface area (Å²) in [5.74, 6) is 0. The minimum absolute atomic E-state index is 0.0943. The zero-order valence-electron chi connectivity index (χ0n) is 6.05. The van der Waals surface area contributed by atoms with Gasteiger partial charge >= 0.3 is 0 Å². The Labute approximate surface area is 68.6 Å². The highest BCUT2D eigenvalue weighted by Crippen LogP contribution is 2.23. The number of benzene rings is 1.